The molecule has 1 N–H and O–H groups in total. The number of pyridine rings is 1. The van der Waals surface area contributed by atoms with E-state index in [1.54, 1.807) is 36.4 Å². The second kappa shape index (κ2) is 10.7. The first kappa shape index (κ1) is 25.0. The van der Waals surface area contributed by atoms with Gasteiger partial charge in [0.05, 0.1) is 5.69 Å². The lowest BCUT2D eigenvalue weighted by Crippen LogP contribution is -2.34. The van der Waals surface area contributed by atoms with E-state index in [9.17, 15) is 18.4 Å². The molecule has 0 aliphatic carbocycles. The second-order valence-corrected chi connectivity index (χ2v) is 8.86. The van der Waals surface area contributed by atoms with E-state index < -0.39 is 29.1 Å². The van der Waals surface area contributed by atoms with Crippen LogP contribution in [0.1, 0.15) is 11.6 Å². The lowest BCUT2D eigenvalue weighted by atomic mass is 10.0. The zero-order valence-corrected chi connectivity index (χ0v) is 20.4. The highest BCUT2D eigenvalue weighted by molar-refractivity contribution is 6.31. The maximum Gasteiger partial charge on any atom is 0.251 e. The average Bonchev–Trinajstić information content (AvgIpc) is 3.45. The Morgan fingerprint density at radius 3 is 2.32 bits per heavy atom. The lowest BCUT2D eigenvalue weighted by Gasteiger charge is -2.20. The van der Waals surface area contributed by atoms with Crippen LogP contribution in [-0.4, -0.2) is 30.7 Å². The minimum absolute atomic E-state index is 0.111. The Kier molecular flexibility index (Phi) is 7.05. The van der Waals surface area contributed by atoms with E-state index in [0.29, 0.717) is 33.1 Å². The highest BCUT2D eigenvalue weighted by Gasteiger charge is 2.23. The van der Waals surface area contributed by atoms with Crippen molar-refractivity contribution in [3.05, 3.63) is 124 Å². The maximum absolute atomic E-state index is 13.5. The summed E-state index contributed by atoms with van der Waals surface area (Å²) < 4.78 is 29.5. The van der Waals surface area contributed by atoms with Crippen LogP contribution in [0.4, 0.5) is 14.5 Å². The van der Waals surface area contributed by atoms with Crippen LogP contribution in [0.2, 0.25) is 5.02 Å². The molecule has 5 aromatic rings. The number of tetrazole rings is 1. The normalized spacial score (nSPS) is 11.8. The molecule has 0 fully saturated rings. The topological polar surface area (TPSA) is 94.7 Å². The van der Waals surface area contributed by atoms with Crippen molar-refractivity contribution in [2.45, 2.75) is 12.5 Å². The summed E-state index contributed by atoms with van der Waals surface area (Å²) in [7, 11) is 0. The Labute approximate surface area is 220 Å². The van der Waals surface area contributed by atoms with Crippen LogP contribution in [0.25, 0.3) is 16.8 Å². The van der Waals surface area contributed by atoms with Gasteiger partial charge in [-0.1, -0.05) is 23.7 Å². The summed E-state index contributed by atoms with van der Waals surface area (Å²) in [4.78, 5) is 26.7. The van der Waals surface area contributed by atoms with Gasteiger partial charge in [-0.15, -0.1) is 5.10 Å². The zero-order valence-electron chi connectivity index (χ0n) is 19.6. The third-order valence-electron chi connectivity index (χ3n) is 5.91. The number of hydrogen-bond donors (Lipinski definition) is 1. The number of carbonyl (C=O) groups excluding carboxylic acids is 1. The van der Waals surface area contributed by atoms with E-state index in [4.69, 9.17) is 11.6 Å². The number of hydrogen-bond acceptors (Lipinski definition) is 5. The van der Waals surface area contributed by atoms with Crippen LogP contribution in [0.15, 0.2) is 96.2 Å². The number of nitrogens with zero attached hydrogens (tertiary/aromatic N) is 5. The molecule has 2 heterocycles. The van der Waals surface area contributed by atoms with Crippen LogP contribution in [0.3, 0.4) is 0 Å². The Morgan fingerprint density at radius 2 is 1.66 bits per heavy atom. The van der Waals surface area contributed by atoms with Crippen LogP contribution >= 0.6 is 11.6 Å². The molecule has 8 nitrogen and oxygen atoms in total. The molecule has 0 unspecified atom stereocenters. The van der Waals surface area contributed by atoms with Gasteiger partial charge in [0.25, 0.3) is 5.56 Å². The van der Waals surface area contributed by atoms with E-state index in [1.165, 1.54) is 64.2 Å². The Morgan fingerprint density at radius 1 is 0.947 bits per heavy atom. The van der Waals surface area contributed by atoms with Crippen molar-refractivity contribution in [2.24, 2.45) is 0 Å². The van der Waals surface area contributed by atoms with Gasteiger partial charge in [-0.05, 0) is 82.2 Å². The molecule has 1 amide bonds. The van der Waals surface area contributed by atoms with E-state index in [0.717, 1.165) is 0 Å². The fourth-order valence-corrected chi connectivity index (χ4v) is 4.22. The van der Waals surface area contributed by atoms with Crippen LogP contribution in [0.5, 0.6) is 0 Å². The number of rotatable bonds is 7. The monoisotopic (exact) mass is 532 g/mol. The number of anilines is 1. The molecule has 0 bridgehead atoms. The third-order valence-corrected chi connectivity index (χ3v) is 6.14. The molecule has 1 atom stereocenters. The van der Waals surface area contributed by atoms with Gasteiger partial charge < -0.3 is 9.88 Å². The summed E-state index contributed by atoms with van der Waals surface area (Å²) >= 11 is 6.23. The summed E-state index contributed by atoms with van der Waals surface area (Å²) in [5.41, 5.74) is 2.33. The van der Waals surface area contributed by atoms with Crippen molar-refractivity contribution in [2.75, 3.05) is 5.32 Å². The standard InChI is InChI=1S/C27H19ClF2N6O2/c28-19-3-10-24(36-16-31-33-34-36)23(15-19)18-11-12-35(26(37)14-18)25(13-17-1-4-20(29)5-2-17)27(38)32-22-8-6-21(30)7-9-22/h1-12,14-16,25H,13H2,(H,32,38)/t25-/m1/s1. The van der Waals surface area contributed by atoms with Crippen molar-refractivity contribution in [3.8, 4) is 16.8 Å². The predicted molar refractivity (Wildman–Crippen MR) is 138 cm³/mol. The van der Waals surface area contributed by atoms with Crippen molar-refractivity contribution in [3.63, 3.8) is 0 Å². The molecule has 0 radical (unpaired) electrons. The molecule has 0 saturated carbocycles. The number of carbonyl (C=O) groups is 1. The molecular weight excluding hydrogens is 514 g/mol. The fourth-order valence-electron chi connectivity index (χ4n) is 4.05. The second-order valence-electron chi connectivity index (χ2n) is 8.42. The minimum atomic E-state index is -0.981. The van der Waals surface area contributed by atoms with Gasteiger partial charge in [0.1, 0.15) is 24.0 Å². The first-order valence-corrected chi connectivity index (χ1v) is 11.8. The number of benzene rings is 3. The smallest absolute Gasteiger partial charge is 0.251 e. The number of aromatic nitrogens is 5. The predicted octanol–water partition coefficient (Wildman–Crippen LogP) is 4.85. The van der Waals surface area contributed by atoms with Crippen molar-refractivity contribution in [1.82, 2.24) is 24.8 Å². The molecule has 0 spiro atoms. The van der Waals surface area contributed by atoms with Gasteiger partial charge in [-0.2, -0.15) is 4.68 Å². The van der Waals surface area contributed by atoms with E-state index in [-0.39, 0.29) is 6.42 Å². The SMILES string of the molecule is O=C(Nc1ccc(F)cc1)[C@@H](Cc1ccc(F)cc1)n1ccc(-c2cc(Cl)ccc2-n2cnnn2)cc1=O. The van der Waals surface area contributed by atoms with Gasteiger partial charge >= 0.3 is 0 Å². The highest BCUT2D eigenvalue weighted by Crippen LogP contribution is 2.29. The summed E-state index contributed by atoms with van der Waals surface area (Å²) in [6, 6.07) is 18.2. The van der Waals surface area contributed by atoms with Crippen molar-refractivity contribution < 1.29 is 13.6 Å². The Balaban J connectivity index is 1.53. The summed E-state index contributed by atoms with van der Waals surface area (Å²) in [5, 5.41) is 14.4. The molecule has 0 aliphatic rings. The van der Waals surface area contributed by atoms with Crippen LogP contribution in [-0.2, 0) is 11.2 Å². The summed E-state index contributed by atoms with van der Waals surface area (Å²) in [6.45, 7) is 0. The van der Waals surface area contributed by atoms with Crippen LogP contribution < -0.4 is 10.9 Å². The lowest BCUT2D eigenvalue weighted by molar-refractivity contribution is -0.119. The van der Waals surface area contributed by atoms with Gasteiger partial charge in [0.2, 0.25) is 5.91 Å². The number of amides is 1. The van der Waals surface area contributed by atoms with Gasteiger partial charge in [0.15, 0.2) is 0 Å². The minimum Gasteiger partial charge on any atom is -0.324 e. The number of nitrogens with one attached hydrogen (secondary N) is 1. The van der Waals surface area contributed by atoms with Crippen molar-refractivity contribution >= 4 is 23.2 Å². The average molecular weight is 533 g/mol. The van der Waals surface area contributed by atoms with Gasteiger partial charge in [-0.3, -0.25) is 9.59 Å². The largest absolute Gasteiger partial charge is 0.324 e. The summed E-state index contributed by atoms with van der Waals surface area (Å²) in [6.07, 6.45) is 3.05. The Hall–Kier alpha value is -4.70. The molecule has 3 aromatic carbocycles. The molecule has 0 saturated heterocycles. The quantitative estimate of drug-likeness (QED) is 0.323. The van der Waals surface area contributed by atoms with Gasteiger partial charge in [0, 0.05) is 35.0 Å². The molecule has 11 heteroatoms. The highest BCUT2D eigenvalue weighted by atomic mass is 35.5. The summed E-state index contributed by atoms with van der Waals surface area (Å²) in [5.74, 6) is -1.35. The molecule has 0 aliphatic heterocycles. The van der Waals surface area contributed by atoms with Crippen molar-refractivity contribution in [1.29, 1.82) is 0 Å². The molecular formula is C27H19ClF2N6O2. The first-order valence-electron chi connectivity index (χ1n) is 11.4. The van der Waals surface area contributed by atoms with E-state index in [2.05, 4.69) is 20.8 Å². The zero-order chi connectivity index (χ0) is 26.6. The molecule has 2 aromatic heterocycles. The Bertz CT molecular complexity index is 1640. The molecule has 190 valence electrons. The van der Waals surface area contributed by atoms with E-state index in [1.807, 2.05) is 0 Å². The van der Waals surface area contributed by atoms with E-state index >= 15 is 0 Å². The third kappa shape index (κ3) is 5.50. The van der Waals surface area contributed by atoms with Gasteiger partial charge in [-0.25, -0.2) is 8.78 Å². The maximum atomic E-state index is 13.5. The number of halogens is 3. The molecule has 38 heavy (non-hydrogen) atoms. The van der Waals surface area contributed by atoms with Crippen LogP contribution in [0, 0.1) is 11.6 Å². The molecule has 5 rings (SSSR count). The first-order chi connectivity index (χ1) is 18.4. The fraction of sp³-hybridized carbons (Fsp3) is 0.0741.